The molecule has 1 N–H and O–H groups in total. The lowest BCUT2D eigenvalue weighted by molar-refractivity contribution is 0.0688. The van der Waals surface area contributed by atoms with Gasteiger partial charge in [-0.2, -0.15) is 5.10 Å². The van der Waals surface area contributed by atoms with E-state index in [1.165, 1.54) is 10.7 Å². The maximum atomic E-state index is 14.0. The molecular weight excluding hydrogens is 247 g/mol. The van der Waals surface area contributed by atoms with Gasteiger partial charge in [0, 0.05) is 11.3 Å². The highest BCUT2D eigenvalue weighted by Gasteiger charge is 2.27. The summed E-state index contributed by atoms with van der Waals surface area (Å²) in [4.78, 5) is 11.2. The smallest absolute Gasteiger partial charge is 0.356 e. The maximum absolute atomic E-state index is 14.0. The number of fused-ring (bicyclic) bond motifs is 1. The first kappa shape index (κ1) is 11.9. The van der Waals surface area contributed by atoms with Crippen LogP contribution in [0, 0.1) is 12.7 Å². The number of nitrogens with zero attached hydrogens (tertiary/aromatic N) is 2. The molecule has 5 heteroatoms. The van der Waals surface area contributed by atoms with Gasteiger partial charge in [-0.1, -0.05) is 12.1 Å². The van der Waals surface area contributed by atoms with Gasteiger partial charge < -0.3 is 5.11 Å². The monoisotopic (exact) mass is 260 g/mol. The molecule has 0 radical (unpaired) electrons. The van der Waals surface area contributed by atoms with E-state index in [1.807, 2.05) is 0 Å². The summed E-state index contributed by atoms with van der Waals surface area (Å²) < 4.78 is 15.5. The van der Waals surface area contributed by atoms with Gasteiger partial charge in [-0.05, 0) is 37.8 Å². The van der Waals surface area contributed by atoms with Crippen LogP contribution in [0.15, 0.2) is 18.2 Å². The standard InChI is InChI=1S/C14H13FN2O2/c1-8-4-2-6-10(15)13(8)17-11-7-3-5-9(11)12(16-17)14(18)19/h2,4,6H,3,5,7H2,1H3,(H,18,19). The first-order chi connectivity index (χ1) is 9.09. The number of hydrogen-bond donors (Lipinski definition) is 1. The Labute approximate surface area is 109 Å². The third kappa shape index (κ3) is 1.73. The number of halogens is 1. The molecule has 0 amide bonds. The molecule has 0 saturated carbocycles. The normalized spacial score (nSPS) is 13.6. The Balaban J connectivity index is 2.27. The highest BCUT2D eigenvalue weighted by atomic mass is 19.1. The second-order valence-electron chi connectivity index (χ2n) is 4.75. The fraction of sp³-hybridized carbons (Fsp3) is 0.286. The Morgan fingerprint density at radius 1 is 1.42 bits per heavy atom. The largest absolute Gasteiger partial charge is 0.476 e. The molecule has 0 bridgehead atoms. The van der Waals surface area contributed by atoms with E-state index >= 15 is 0 Å². The number of aromatic nitrogens is 2. The van der Waals surface area contributed by atoms with Gasteiger partial charge in [0.1, 0.15) is 11.5 Å². The van der Waals surface area contributed by atoms with Gasteiger partial charge in [-0.25, -0.2) is 13.9 Å². The Bertz CT molecular complexity index is 656. The minimum absolute atomic E-state index is 0.0511. The number of rotatable bonds is 2. The van der Waals surface area contributed by atoms with Gasteiger partial charge in [0.15, 0.2) is 5.69 Å². The van der Waals surface area contributed by atoms with Crippen LogP contribution in [0.3, 0.4) is 0 Å². The Morgan fingerprint density at radius 2 is 2.21 bits per heavy atom. The number of para-hydroxylation sites is 1. The van der Waals surface area contributed by atoms with Crippen molar-refractivity contribution in [3.05, 3.63) is 46.5 Å². The van der Waals surface area contributed by atoms with Gasteiger partial charge in [0.2, 0.25) is 0 Å². The van der Waals surface area contributed by atoms with Crippen LogP contribution < -0.4 is 0 Å². The highest BCUT2D eigenvalue weighted by molar-refractivity contribution is 5.87. The van der Waals surface area contributed by atoms with Crippen LogP contribution in [-0.2, 0) is 12.8 Å². The van der Waals surface area contributed by atoms with Crippen molar-refractivity contribution in [2.45, 2.75) is 26.2 Å². The molecule has 1 aromatic carbocycles. The van der Waals surface area contributed by atoms with Crippen molar-refractivity contribution in [3.8, 4) is 5.69 Å². The zero-order chi connectivity index (χ0) is 13.6. The molecule has 1 aliphatic carbocycles. The van der Waals surface area contributed by atoms with E-state index in [0.29, 0.717) is 12.1 Å². The van der Waals surface area contributed by atoms with Crippen molar-refractivity contribution in [2.24, 2.45) is 0 Å². The lowest BCUT2D eigenvalue weighted by atomic mass is 10.2. The molecule has 0 atom stereocenters. The SMILES string of the molecule is Cc1cccc(F)c1-n1nc(C(=O)O)c2c1CCC2. The molecule has 0 fully saturated rings. The second-order valence-corrected chi connectivity index (χ2v) is 4.75. The molecule has 1 heterocycles. The molecule has 1 aliphatic rings. The number of aromatic carboxylic acids is 1. The van der Waals surface area contributed by atoms with E-state index in [4.69, 9.17) is 0 Å². The molecule has 0 unspecified atom stereocenters. The predicted molar refractivity (Wildman–Crippen MR) is 67.2 cm³/mol. The van der Waals surface area contributed by atoms with E-state index in [-0.39, 0.29) is 11.5 Å². The average molecular weight is 260 g/mol. The quantitative estimate of drug-likeness (QED) is 0.902. The minimum Gasteiger partial charge on any atom is -0.476 e. The lowest BCUT2D eigenvalue weighted by Gasteiger charge is -2.09. The van der Waals surface area contributed by atoms with Crippen LogP contribution in [0.1, 0.15) is 33.7 Å². The zero-order valence-corrected chi connectivity index (χ0v) is 10.5. The van der Waals surface area contributed by atoms with Crippen molar-refractivity contribution in [1.82, 2.24) is 9.78 Å². The number of carboxylic acids is 1. The molecule has 19 heavy (non-hydrogen) atoms. The van der Waals surface area contributed by atoms with Gasteiger partial charge in [-0.3, -0.25) is 0 Å². The van der Waals surface area contributed by atoms with Gasteiger partial charge in [0.25, 0.3) is 0 Å². The Kier molecular flexibility index (Phi) is 2.62. The van der Waals surface area contributed by atoms with E-state index < -0.39 is 5.97 Å². The third-order valence-corrected chi connectivity index (χ3v) is 3.53. The van der Waals surface area contributed by atoms with E-state index in [0.717, 1.165) is 29.7 Å². The molecule has 0 saturated heterocycles. The first-order valence-electron chi connectivity index (χ1n) is 6.19. The second kappa shape index (κ2) is 4.19. The molecular formula is C14H13FN2O2. The summed E-state index contributed by atoms with van der Waals surface area (Å²) in [6.45, 7) is 1.79. The predicted octanol–water partition coefficient (Wildman–Crippen LogP) is 2.51. The topological polar surface area (TPSA) is 55.1 Å². The molecule has 3 rings (SSSR count). The van der Waals surface area contributed by atoms with Crippen LogP contribution in [-0.4, -0.2) is 20.9 Å². The van der Waals surface area contributed by atoms with Gasteiger partial charge in [0.05, 0.1) is 0 Å². The summed E-state index contributed by atoms with van der Waals surface area (Å²) in [6, 6.07) is 4.80. The lowest BCUT2D eigenvalue weighted by Crippen LogP contribution is -2.07. The third-order valence-electron chi connectivity index (χ3n) is 3.53. The number of carboxylic acid groups (broad SMARTS) is 1. The summed E-state index contributed by atoms with van der Waals surface area (Å²) >= 11 is 0. The van der Waals surface area contributed by atoms with Gasteiger partial charge in [-0.15, -0.1) is 0 Å². The molecule has 0 aliphatic heterocycles. The van der Waals surface area contributed by atoms with Gasteiger partial charge >= 0.3 is 5.97 Å². The summed E-state index contributed by atoms with van der Waals surface area (Å²) in [6.07, 6.45) is 2.33. The minimum atomic E-state index is -1.05. The van der Waals surface area contributed by atoms with Crippen LogP contribution in [0.25, 0.3) is 5.69 Å². The maximum Gasteiger partial charge on any atom is 0.356 e. The Morgan fingerprint density at radius 3 is 2.89 bits per heavy atom. The van der Waals surface area contributed by atoms with Crippen LogP contribution in [0.5, 0.6) is 0 Å². The molecule has 4 nitrogen and oxygen atoms in total. The van der Waals surface area contributed by atoms with E-state index in [9.17, 15) is 14.3 Å². The summed E-state index contributed by atoms with van der Waals surface area (Å²) in [5, 5.41) is 13.3. The van der Waals surface area contributed by atoms with Crippen molar-refractivity contribution in [3.63, 3.8) is 0 Å². The van der Waals surface area contributed by atoms with Crippen LogP contribution >= 0.6 is 0 Å². The van der Waals surface area contributed by atoms with Crippen molar-refractivity contribution in [2.75, 3.05) is 0 Å². The van der Waals surface area contributed by atoms with Crippen LogP contribution in [0.2, 0.25) is 0 Å². The fourth-order valence-electron chi connectivity index (χ4n) is 2.69. The average Bonchev–Trinajstić information content (AvgIpc) is 2.91. The Hall–Kier alpha value is -2.17. The number of aryl methyl sites for hydroxylation is 1. The molecule has 0 spiro atoms. The van der Waals surface area contributed by atoms with E-state index in [1.54, 1.807) is 19.1 Å². The summed E-state index contributed by atoms with van der Waals surface area (Å²) in [7, 11) is 0. The zero-order valence-electron chi connectivity index (χ0n) is 10.5. The number of carbonyl (C=O) groups is 1. The molecule has 2 aromatic rings. The number of benzene rings is 1. The highest BCUT2D eigenvalue weighted by Crippen LogP contribution is 2.29. The first-order valence-corrected chi connectivity index (χ1v) is 6.19. The van der Waals surface area contributed by atoms with E-state index in [2.05, 4.69) is 5.10 Å². The van der Waals surface area contributed by atoms with Crippen molar-refractivity contribution < 1.29 is 14.3 Å². The van der Waals surface area contributed by atoms with Crippen molar-refractivity contribution in [1.29, 1.82) is 0 Å². The van der Waals surface area contributed by atoms with Crippen LogP contribution in [0.4, 0.5) is 4.39 Å². The number of hydrogen-bond acceptors (Lipinski definition) is 2. The fourth-order valence-corrected chi connectivity index (χ4v) is 2.69. The summed E-state index contributed by atoms with van der Waals surface area (Å²) in [5.74, 6) is -1.43. The molecule has 98 valence electrons. The van der Waals surface area contributed by atoms with Crippen molar-refractivity contribution >= 4 is 5.97 Å². The summed E-state index contributed by atoms with van der Waals surface area (Å²) in [5.41, 5.74) is 2.72. The molecule has 1 aromatic heterocycles.